The maximum atomic E-state index is 12.8. The van der Waals surface area contributed by atoms with Crippen molar-refractivity contribution in [1.82, 2.24) is 0 Å². The number of hydrogen-bond donors (Lipinski definition) is 4. The van der Waals surface area contributed by atoms with E-state index in [-0.39, 0.29) is 12.5 Å². The summed E-state index contributed by atoms with van der Waals surface area (Å²) in [4.78, 5) is 26.7. The van der Waals surface area contributed by atoms with Crippen LogP contribution in [0.15, 0.2) is 54.6 Å². The van der Waals surface area contributed by atoms with E-state index in [0.717, 1.165) is 0 Å². The van der Waals surface area contributed by atoms with Crippen molar-refractivity contribution in [2.24, 2.45) is 5.92 Å². The average molecular weight is 395 g/mol. The molecule has 0 bridgehead atoms. The molecule has 0 fully saturated rings. The SMILES string of the molecule is C[C@@H](/C=C/CCO)[C@]1(O)C(=O)N(C)c2ccc(NC(=O)c3ccc(N)cc3)cc21. The predicted molar refractivity (Wildman–Crippen MR) is 113 cm³/mol. The van der Waals surface area contributed by atoms with E-state index in [2.05, 4.69) is 5.32 Å². The molecule has 5 N–H and O–H groups in total. The van der Waals surface area contributed by atoms with E-state index < -0.39 is 17.4 Å². The van der Waals surface area contributed by atoms with Gasteiger partial charge in [0.15, 0.2) is 5.60 Å². The van der Waals surface area contributed by atoms with E-state index >= 15 is 0 Å². The lowest BCUT2D eigenvalue weighted by Gasteiger charge is -2.27. The van der Waals surface area contributed by atoms with Crippen LogP contribution in [0.2, 0.25) is 0 Å². The van der Waals surface area contributed by atoms with Crippen LogP contribution in [0.4, 0.5) is 17.1 Å². The number of fused-ring (bicyclic) bond motifs is 1. The van der Waals surface area contributed by atoms with Gasteiger partial charge in [-0.05, 0) is 48.9 Å². The van der Waals surface area contributed by atoms with E-state index in [1.54, 1.807) is 68.6 Å². The van der Waals surface area contributed by atoms with Gasteiger partial charge >= 0.3 is 0 Å². The van der Waals surface area contributed by atoms with Gasteiger partial charge in [-0.1, -0.05) is 19.1 Å². The van der Waals surface area contributed by atoms with E-state index in [9.17, 15) is 14.7 Å². The number of amides is 2. The van der Waals surface area contributed by atoms with Gasteiger partial charge in [-0.25, -0.2) is 0 Å². The minimum Gasteiger partial charge on any atom is -0.399 e. The maximum absolute atomic E-state index is 12.8. The molecule has 0 aliphatic carbocycles. The molecule has 2 amide bonds. The fourth-order valence-corrected chi connectivity index (χ4v) is 3.48. The molecular weight excluding hydrogens is 370 g/mol. The Hall–Kier alpha value is -3.16. The molecule has 2 aromatic carbocycles. The van der Waals surface area contributed by atoms with Crippen LogP contribution >= 0.6 is 0 Å². The quantitative estimate of drug-likeness (QED) is 0.442. The van der Waals surface area contributed by atoms with Gasteiger partial charge in [0.05, 0.1) is 5.69 Å². The number of benzene rings is 2. The second-order valence-electron chi connectivity index (χ2n) is 7.17. The van der Waals surface area contributed by atoms with Crippen molar-refractivity contribution >= 4 is 28.9 Å². The molecule has 0 radical (unpaired) electrons. The number of carbonyl (C=O) groups is 2. The zero-order valence-corrected chi connectivity index (χ0v) is 16.4. The second kappa shape index (κ2) is 8.06. The van der Waals surface area contributed by atoms with Gasteiger partial charge in [0.2, 0.25) is 0 Å². The topological polar surface area (TPSA) is 116 Å². The van der Waals surface area contributed by atoms with Crippen LogP contribution in [0.25, 0.3) is 0 Å². The number of aliphatic hydroxyl groups excluding tert-OH is 1. The molecule has 7 nitrogen and oxygen atoms in total. The molecule has 1 aliphatic heterocycles. The van der Waals surface area contributed by atoms with Crippen LogP contribution in [0.3, 0.4) is 0 Å². The van der Waals surface area contributed by atoms with Crippen molar-refractivity contribution in [3.63, 3.8) is 0 Å². The summed E-state index contributed by atoms with van der Waals surface area (Å²) in [6, 6.07) is 11.6. The highest BCUT2D eigenvalue weighted by Crippen LogP contribution is 2.45. The summed E-state index contributed by atoms with van der Waals surface area (Å²) in [6.45, 7) is 1.74. The zero-order valence-electron chi connectivity index (χ0n) is 16.4. The van der Waals surface area contributed by atoms with Crippen molar-refractivity contribution < 1.29 is 19.8 Å². The Morgan fingerprint density at radius 3 is 2.62 bits per heavy atom. The lowest BCUT2D eigenvalue weighted by Crippen LogP contribution is -2.43. The lowest BCUT2D eigenvalue weighted by atomic mass is 9.82. The number of nitrogens with one attached hydrogen (secondary N) is 1. The number of hydrogen-bond acceptors (Lipinski definition) is 5. The molecule has 0 aromatic heterocycles. The lowest BCUT2D eigenvalue weighted by molar-refractivity contribution is -0.139. The van der Waals surface area contributed by atoms with Gasteiger partial charge in [0, 0.05) is 42.1 Å². The monoisotopic (exact) mass is 395 g/mol. The molecule has 29 heavy (non-hydrogen) atoms. The Kier molecular flexibility index (Phi) is 5.72. The van der Waals surface area contributed by atoms with E-state index in [1.165, 1.54) is 4.90 Å². The Morgan fingerprint density at radius 1 is 1.28 bits per heavy atom. The molecule has 0 saturated heterocycles. The number of nitrogens with zero attached hydrogens (tertiary/aromatic N) is 1. The predicted octanol–water partition coefficient (Wildman–Crippen LogP) is 2.26. The molecule has 2 atom stereocenters. The highest BCUT2D eigenvalue weighted by atomic mass is 16.3. The van der Waals surface area contributed by atoms with Crippen molar-refractivity contribution in [2.75, 3.05) is 29.6 Å². The third kappa shape index (κ3) is 3.74. The molecule has 1 aliphatic rings. The number of rotatable bonds is 6. The standard InChI is InChI=1S/C22H25N3O4/c1-14(5-3-4-12-26)22(29)18-13-17(10-11-19(18)25(2)21(22)28)24-20(27)15-6-8-16(23)9-7-15/h3,5-11,13-14,26,29H,4,12,23H2,1-2H3,(H,24,27)/b5-3+/t14-,22+/m0/s1. The summed E-state index contributed by atoms with van der Waals surface area (Å²) >= 11 is 0. The molecule has 1 heterocycles. The van der Waals surface area contributed by atoms with Crippen LogP contribution in [0.1, 0.15) is 29.3 Å². The van der Waals surface area contributed by atoms with Crippen molar-refractivity contribution in [2.45, 2.75) is 18.9 Å². The fourth-order valence-electron chi connectivity index (χ4n) is 3.48. The first-order valence-electron chi connectivity index (χ1n) is 9.38. The van der Waals surface area contributed by atoms with Gasteiger partial charge in [-0.15, -0.1) is 0 Å². The Balaban J connectivity index is 1.92. The van der Waals surface area contributed by atoms with Gasteiger partial charge < -0.3 is 26.2 Å². The average Bonchev–Trinajstić information content (AvgIpc) is 2.90. The molecule has 0 saturated carbocycles. The van der Waals surface area contributed by atoms with Gasteiger partial charge in [-0.2, -0.15) is 0 Å². The first-order chi connectivity index (χ1) is 13.8. The van der Waals surface area contributed by atoms with Gasteiger partial charge in [-0.3, -0.25) is 9.59 Å². The van der Waals surface area contributed by atoms with Crippen LogP contribution < -0.4 is 16.0 Å². The third-order valence-electron chi connectivity index (χ3n) is 5.21. The van der Waals surface area contributed by atoms with Crippen molar-refractivity contribution in [3.05, 3.63) is 65.7 Å². The second-order valence-corrected chi connectivity index (χ2v) is 7.17. The van der Waals surface area contributed by atoms with Crippen molar-refractivity contribution in [3.8, 4) is 0 Å². The first-order valence-corrected chi connectivity index (χ1v) is 9.38. The van der Waals surface area contributed by atoms with Crippen LogP contribution in [0.5, 0.6) is 0 Å². The largest absolute Gasteiger partial charge is 0.399 e. The number of nitrogens with two attached hydrogens (primary N) is 1. The summed E-state index contributed by atoms with van der Waals surface area (Å²) in [5, 5.41) is 23.1. The number of carbonyl (C=O) groups excluding carboxylic acids is 2. The van der Waals surface area contributed by atoms with E-state index in [0.29, 0.717) is 34.6 Å². The minimum absolute atomic E-state index is 0.00655. The third-order valence-corrected chi connectivity index (χ3v) is 5.21. The molecule has 2 aromatic rings. The highest BCUT2D eigenvalue weighted by molar-refractivity contribution is 6.08. The first kappa shape index (κ1) is 20.6. The molecule has 0 spiro atoms. The van der Waals surface area contributed by atoms with Crippen molar-refractivity contribution in [1.29, 1.82) is 0 Å². The Labute approximate surface area is 169 Å². The zero-order chi connectivity index (χ0) is 21.2. The maximum Gasteiger partial charge on any atom is 0.264 e. The Bertz CT molecular complexity index is 955. The summed E-state index contributed by atoms with van der Waals surface area (Å²) < 4.78 is 0. The number of likely N-dealkylation sites (N-methyl/N-ethyl adjacent to an activating group) is 1. The Morgan fingerprint density at radius 2 is 1.97 bits per heavy atom. The van der Waals surface area contributed by atoms with Crippen LogP contribution in [-0.2, 0) is 10.4 Å². The van der Waals surface area contributed by atoms with Crippen LogP contribution in [-0.4, -0.2) is 35.7 Å². The smallest absolute Gasteiger partial charge is 0.264 e. The van der Waals surface area contributed by atoms with Gasteiger partial charge in [0.25, 0.3) is 11.8 Å². The summed E-state index contributed by atoms with van der Waals surface area (Å²) in [5.41, 5.74) is 6.40. The minimum atomic E-state index is -1.75. The molecule has 152 valence electrons. The van der Waals surface area contributed by atoms with E-state index in [1.807, 2.05) is 0 Å². The highest BCUT2D eigenvalue weighted by Gasteiger charge is 2.51. The molecular formula is C22H25N3O4. The number of anilines is 3. The molecule has 3 rings (SSSR count). The summed E-state index contributed by atoms with van der Waals surface area (Å²) in [7, 11) is 1.61. The molecule has 7 heteroatoms. The number of aliphatic hydroxyl groups is 2. The summed E-state index contributed by atoms with van der Waals surface area (Å²) in [6.07, 6.45) is 3.90. The van der Waals surface area contributed by atoms with Gasteiger partial charge in [0.1, 0.15) is 0 Å². The summed E-state index contributed by atoms with van der Waals surface area (Å²) in [5.74, 6) is -1.27. The normalized spacial score (nSPS) is 19.4. The molecule has 0 unspecified atom stereocenters. The van der Waals surface area contributed by atoms with E-state index in [4.69, 9.17) is 10.8 Å². The number of nitrogen functional groups attached to an aromatic ring is 1. The fraction of sp³-hybridized carbons (Fsp3) is 0.273. The van der Waals surface area contributed by atoms with Crippen LogP contribution in [0, 0.1) is 5.92 Å².